The highest BCUT2D eigenvalue weighted by Crippen LogP contribution is 2.38. The predicted octanol–water partition coefficient (Wildman–Crippen LogP) is 7.72. The summed E-state index contributed by atoms with van der Waals surface area (Å²) in [7, 11) is 0. The van der Waals surface area contributed by atoms with Gasteiger partial charge < -0.3 is 5.32 Å². The summed E-state index contributed by atoms with van der Waals surface area (Å²) in [5, 5.41) is 12.3. The second kappa shape index (κ2) is 10.4. The molecular formula is C22H17Br2ClN4S2. The Labute approximate surface area is 212 Å². The molecule has 1 N–H and O–H groups in total. The minimum absolute atomic E-state index is 0.590. The summed E-state index contributed by atoms with van der Waals surface area (Å²) in [5.41, 5.74) is 2.73. The highest BCUT2D eigenvalue weighted by Gasteiger charge is 2.26. The molecule has 1 aliphatic rings. The lowest BCUT2D eigenvalue weighted by Crippen LogP contribution is -2.36. The second-order valence-electron chi connectivity index (χ2n) is 6.54. The fourth-order valence-electron chi connectivity index (χ4n) is 2.99. The number of benzene rings is 3. The molecule has 0 amide bonds. The number of hydrogen-bond donors (Lipinski definition) is 1. The van der Waals surface area contributed by atoms with Crippen LogP contribution in [0, 0.1) is 0 Å². The van der Waals surface area contributed by atoms with Crippen LogP contribution in [0.3, 0.4) is 0 Å². The molecule has 0 atom stereocenters. The molecule has 1 fully saturated rings. The normalized spacial score (nSPS) is 14.7. The standard InChI is InChI=1S/C22H17Br2ClN4S2/c23-18-10-5-11-19(20(18)24)29(17-8-2-1-3-9-17)27-22-28(12-13-31-22)21(30)26-16-7-4-6-15(25)14-16/h1-11,14H,12-13H2,(H,26,30)/b27-22-. The van der Waals surface area contributed by atoms with E-state index >= 15 is 0 Å². The Morgan fingerprint density at radius 1 is 1.06 bits per heavy atom. The molecule has 0 bridgehead atoms. The van der Waals surface area contributed by atoms with E-state index in [4.69, 9.17) is 28.9 Å². The summed E-state index contributed by atoms with van der Waals surface area (Å²) in [6, 6.07) is 23.6. The maximum atomic E-state index is 6.11. The molecule has 1 aliphatic heterocycles. The van der Waals surface area contributed by atoms with Crippen LogP contribution in [-0.4, -0.2) is 27.5 Å². The Bertz CT molecular complexity index is 1130. The fraction of sp³-hybridized carbons (Fsp3) is 0.0909. The molecule has 0 spiro atoms. The van der Waals surface area contributed by atoms with Crippen molar-refractivity contribution in [1.29, 1.82) is 0 Å². The van der Waals surface area contributed by atoms with Crippen LogP contribution < -0.4 is 10.3 Å². The van der Waals surface area contributed by atoms with E-state index in [1.807, 2.05) is 82.7 Å². The monoisotopic (exact) mass is 594 g/mol. The van der Waals surface area contributed by atoms with Gasteiger partial charge in [-0.05, 0) is 86.5 Å². The van der Waals surface area contributed by atoms with Gasteiger partial charge in [-0.15, -0.1) is 5.10 Å². The van der Waals surface area contributed by atoms with Crippen LogP contribution in [0.25, 0.3) is 0 Å². The van der Waals surface area contributed by atoms with Crippen LogP contribution in [0.15, 0.2) is 86.8 Å². The molecule has 9 heteroatoms. The van der Waals surface area contributed by atoms with Gasteiger partial charge in [-0.3, -0.25) is 4.90 Å². The third-order valence-electron chi connectivity index (χ3n) is 4.44. The molecule has 3 aromatic rings. The molecule has 3 aromatic carbocycles. The van der Waals surface area contributed by atoms with Gasteiger partial charge in [-0.2, -0.15) is 0 Å². The number of hydrogen-bond acceptors (Lipinski definition) is 4. The van der Waals surface area contributed by atoms with Crippen molar-refractivity contribution in [2.75, 3.05) is 22.6 Å². The zero-order valence-electron chi connectivity index (χ0n) is 16.1. The van der Waals surface area contributed by atoms with E-state index in [0.717, 1.165) is 43.5 Å². The number of nitrogens with zero attached hydrogens (tertiary/aromatic N) is 3. The van der Waals surface area contributed by atoms with E-state index in [9.17, 15) is 0 Å². The van der Waals surface area contributed by atoms with Gasteiger partial charge in [0.25, 0.3) is 0 Å². The maximum absolute atomic E-state index is 6.11. The van der Waals surface area contributed by atoms with Crippen LogP contribution >= 0.6 is 67.4 Å². The molecule has 4 rings (SSSR count). The van der Waals surface area contributed by atoms with Gasteiger partial charge in [-0.25, -0.2) is 5.01 Å². The number of anilines is 3. The Hall–Kier alpha value is -1.58. The van der Waals surface area contributed by atoms with Crippen LogP contribution in [0.2, 0.25) is 5.02 Å². The van der Waals surface area contributed by atoms with Crippen LogP contribution in [0.1, 0.15) is 0 Å². The van der Waals surface area contributed by atoms with Crippen molar-refractivity contribution in [2.45, 2.75) is 0 Å². The van der Waals surface area contributed by atoms with Gasteiger partial charge >= 0.3 is 0 Å². The van der Waals surface area contributed by atoms with Crippen LogP contribution in [0.5, 0.6) is 0 Å². The van der Waals surface area contributed by atoms with Crippen LogP contribution in [0.4, 0.5) is 17.1 Å². The smallest absolute Gasteiger partial charge is 0.190 e. The predicted molar refractivity (Wildman–Crippen MR) is 145 cm³/mol. The van der Waals surface area contributed by atoms with Crippen molar-refractivity contribution in [3.8, 4) is 0 Å². The number of nitrogens with one attached hydrogen (secondary N) is 1. The van der Waals surface area contributed by atoms with Crippen molar-refractivity contribution in [3.63, 3.8) is 0 Å². The Morgan fingerprint density at radius 2 is 1.84 bits per heavy atom. The first-order chi connectivity index (χ1) is 15.0. The lowest BCUT2D eigenvalue weighted by molar-refractivity contribution is 0.683. The van der Waals surface area contributed by atoms with Gasteiger partial charge in [0.2, 0.25) is 0 Å². The van der Waals surface area contributed by atoms with E-state index in [2.05, 4.69) is 37.2 Å². The third kappa shape index (κ3) is 5.43. The van der Waals surface area contributed by atoms with E-state index in [0.29, 0.717) is 10.1 Å². The Balaban J connectivity index is 1.67. The molecular weight excluding hydrogens is 580 g/mol. The number of rotatable bonds is 4. The zero-order chi connectivity index (χ0) is 21.8. The number of thioether (sulfide) groups is 1. The van der Waals surface area contributed by atoms with E-state index in [1.165, 1.54) is 0 Å². The molecule has 0 aliphatic carbocycles. The highest BCUT2D eigenvalue weighted by atomic mass is 79.9. The topological polar surface area (TPSA) is 30.9 Å². The van der Waals surface area contributed by atoms with Gasteiger partial charge in [0.05, 0.1) is 15.8 Å². The minimum Gasteiger partial charge on any atom is -0.332 e. The van der Waals surface area contributed by atoms with E-state index in [1.54, 1.807) is 11.8 Å². The van der Waals surface area contributed by atoms with Crippen molar-refractivity contribution in [3.05, 3.63) is 86.8 Å². The third-order valence-corrected chi connectivity index (χ3v) is 7.97. The Kier molecular flexibility index (Phi) is 7.55. The molecule has 1 heterocycles. The summed E-state index contributed by atoms with van der Waals surface area (Å²) >= 11 is 20.8. The molecule has 0 unspecified atom stereocenters. The van der Waals surface area contributed by atoms with Gasteiger partial charge in [0.1, 0.15) is 0 Å². The molecule has 31 heavy (non-hydrogen) atoms. The lowest BCUT2D eigenvalue weighted by Gasteiger charge is -2.25. The number of hydrazone groups is 1. The number of amidine groups is 1. The average Bonchev–Trinajstić information content (AvgIpc) is 3.23. The maximum Gasteiger partial charge on any atom is 0.190 e. The average molecular weight is 597 g/mol. The minimum atomic E-state index is 0.590. The molecule has 158 valence electrons. The quantitative estimate of drug-likeness (QED) is 0.246. The summed E-state index contributed by atoms with van der Waals surface area (Å²) in [6.45, 7) is 0.776. The summed E-state index contributed by atoms with van der Waals surface area (Å²) < 4.78 is 1.89. The van der Waals surface area contributed by atoms with Crippen molar-refractivity contribution in [1.82, 2.24) is 4.90 Å². The van der Waals surface area contributed by atoms with Gasteiger partial charge in [0.15, 0.2) is 10.3 Å². The number of para-hydroxylation sites is 1. The summed E-state index contributed by atoms with van der Waals surface area (Å²) in [6.07, 6.45) is 0. The summed E-state index contributed by atoms with van der Waals surface area (Å²) in [5.74, 6) is 0.901. The fourth-order valence-corrected chi connectivity index (χ4v) is 5.26. The number of halogens is 3. The van der Waals surface area contributed by atoms with Crippen molar-refractivity contribution in [2.24, 2.45) is 5.10 Å². The largest absolute Gasteiger partial charge is 0.332 e. The molecule has 0 saturated carbocycles. The molecule has 0 aromatic heterocycles. The van der Waals surface area contributed by atoms with E-state index in [-0.39, 0.29) is 0 Å². The number of thiocarbonyl (C=S) groups is 1. The molecule has 1 saturated heterocycles. The first-order valence-electron chi connectivity index (χ1n) is 9.37. The van der Waals surface area contributed by atoms with Crippen molar-refractivity contribution >= 4 is 94.8 Å². The van der Waals surface area contributed by atoms with Crippen molar-refractivity contribution < 1.29 is 0 Å². The van der Waals surface area contributed by atoms with Crippen LogP contribution in [-0.2, 0) is 0 Å². The zero-order valence-corrected chi connectivity index (χ0v) is 21.7. The Morgan fingerprint density at radius 3 is 2.61 bits per heavy atom. The van der Waals surface area contributed by atoms with Gasteiger partial charge in [0, 0.05) is 27.5 Å². The molecule has 4 nitrogen and oxygen atoms in total. The van der Waals surface area contributed by atoms with Gasteiger partial charge in [-0.1, -0.05) is 53.7 Å². The second-order valence-corrected chi connectivity index (χ2v) is 10.1. The molecule has 0 radical (unpaired) electrons. The van der Waals surface area contributed by atoms with E-state index < -0.39 is 0 Å². The summed E-state index contributed by atoms with van der Waals surface area (Å²) in [4.78, 5) is 2.02. The first kappa shape index (κ1) is 22.6. The SMILES string of the molecule is S=C(Nc1cccc(Cl)c1)N1CCS/C1=N\N(c1ccccc1)c1cccc(Br)c1Br. The first-order valence-corrected chi connectivity index (χ1v) is 12.7. The highest BCUT2D eigenvalue weighted by molar-refractivity contribution is 9.13. The lowest BCUT2D eigenvalue weighted by atomic mass is 10.2.